The van der Waals surface area contributed by atoms with Gasteiger partial charge in [-0.3, -0.25) is 4.79 Å². The highest BCUT2D eigenvalue weighted by Gasteiger charge is 2.33. The highest BCUT2D eigenvalue weighted by atomic mass is 127. The normalized spacial score (nSPS) is 19.3. The third-order valence-corrected chi connectivity index (χ3v) is 3.90. The second-order valence-corrected chi connectivity index (χ2v) is 5.41. The lowest BCUT2D eigenvalue weighted by Gasteiger charge is -2.20. The zero-order chi connectivity index (χ0) is 13.3. The summed E-state index contributed by atoms with van der Waals surface area (Å²) < 4.78 is 0.763. The number of carbonyl (C=O) groups is 2. The van der Waals surface area contributed by atoms with Crippen molar-refractivity contribution in [2.45, 2.75) is 6.42 Å². The predicted octanol–water partition coefficient (Wildman–Crippen LogP) is 1.30. The van der Waals surface area contributed by atoms with E-state index < -0.39 is 5.97 Å². The van der Waals surface area contributed by atoms with Crippen LogP contribution in [0.1, 0.15) is 16.8 Å². The maximum absolute atomic E-state index is 11.9. The maximum Gasteiger partial charge on any atom is 0.337 e. The fourth-order valence-corrected chi connectivity index (χ4v) is 2.91. The number of nitrogens with two attached hydrogens (primary N) is 1. The molecule has 1 atom stereocenters. The van der Waals surface area contributed by atoms with Crippen LogP contribution in [0.25, 0.3) is 0 Å². The molecule has 5 nitrogen and oxygen atoms in total. The number of para-hydroxylation sites is 1. The first-order valence-corrected chi connectivity index (χ1v) is 6.64. The van der Waals surface area contributed by atoms with Crippen molar-refractivity contribution in [2.75, 3.05) is 18.0 Å². The van der Waals surface area contributed by atoms with Crippen molar-refractivity contribution < 1.29 is 14.7 Å². The number of nitrogens with zero attached hydrogens (tertiary/aromatic N) is 1. The number of amides is 1. The number of aromatic carboxylic acids is 1. The fourth-order valence-electron chi connectivity index (χ4n) is 2.12. The van der Waals surface area contributed by atoms with Gasteiger partial charge in [0.15, 0.2) is 0 Å². The zero-order valence-corrected chi connectivity index (χ0v) is 11.8. The van der Waals surface area contributed by atoms with Gasteiger partial charge in [-0.15, -0.1) is 0 Å². The molecule has 18 heavy (non-hydrogen) atoms. The molecular formula is C12H13IN2O3. The number of halogens is 1. The molecule has 1 unspecified atom stereocenters. The SMILES string of the molecule is NCC1CC(=O)N(c2c(I)cccc2C(=O)O)C1. The van der Waals surface area contributed by atoms with Crippen molar-refractivity contribution in [1.82, 2.24) is 0 Å². The summed E-state index contributed by atoms with van der Waals surface area (Å²) >= 11 is 2.05. The molecular weight excluding hydrogens is 347 g/mol. The van der Waals surface area contributed by atoms with Crippen LogP contribution in [0.4, 0.5) is 5.69 Å². The Morgan fingerprint density at radius 2 is 2.28 bits per heavy atom. The molecule has 0 spiro atoms. The summed E-state index contributed by atoms with van der Waals surface area (Å²) in [5.74, 6) is -0.972. The number of carboxylic acid groups (broad SMARTS) is 1. The van der Waals surface area contributed by atoms with E-state index in [4.69, 9.17) is 5.73 Å². The van der Waals surface area contributed by atoms with E-state index in [1.165, 1.54) is 6.07 Å². The average molecular weight is 360 g/mol. The van der Waals surface area contributed by atoms with Crippen molar-refractivity contribution >= 4 is 40.2 Å². The third kappa shape index (κ3) is 2.35. The van der Waals surface area contributed by atoms with Crippen LogP contribution < -0.4 is 10.6 Å². The largest absolute Gasteiger partial charge is 0.478 e. The van der Waals surface area contributed by atoms with Gasteiger partial charge in [0.1, 0.15) is 0 Å². The van der Waals surface area contributed by atoms with Gasteiger partial charge in [0.2, 0.25) is 5.91 Å². The number of hydrogen-bond donors (Lipinski definition) is 2. The molecule has 0 bridgehead atoms. The number of hydrogen-bond acceptors (Lipinski definition) is 3. The van der Waals surface area contributed by atoms with E-state index in [-0.39, 0.29) is 17.4 Å². The number of carboxylic acids is 1. The minimum Gasteiger partial charge on any atom is -0.478 e. The molecule has 1 fully saturated rings. The van der Waals surface area contributed by atoms with Gasteiger partial charge in [0.25, 0.3) is 0 Å². The van der Waals surface area contributed by atoms with E-state index in [2.05, 4.69) is 0 Å². The fraction of sp³-hybridized carbons (Fsp3) is 0.333. The lowest BCUT2D eigenvalue weighted by molar-refractivity contribution is -0.117. The van der Waals surface area contributed by atoms with Crippen molar-refractivity contribution in [3.63, 3.8) is 0 Å². The molecule has 1 aromatic rings. The Kier molecular flexibility index (Phi) is 3.86. The second kappa shape index (κ2) is 5.23. The molecule has 3 N–H and O–H groups in total. The van der Waals surface area contributed by atoms with Crippen LogP contribution in [-0.2, 0) is 4.79 Å². The minimum absolute atomic E-state index is 0.0583. The Morgan fingerprint density at radius 1 is 1.56 bits per heavy atom. The first kappa shape index (κ1) is 13.3. The van der Waals surface area contributed by atoms with Gasteiger partial charge in [-0.2, -0.15) is 0 Å². The lowest BCUT2D eigenvalue weighted by Crippen LogP contribution is -2.28. The molecule has 1 heterocycles. The van der Waals surface area contributed by atoms with Crippen LogP contribution in [0.2, 0.25) is 0 Å². The third-order valence-electron chi connectivity index (χ3n) is 3.03. The van der Waals surface area contributed by atoms with Gasteiger partial charge >= 0.3 is 5.97 Å². The first-order valence-electron chi connectivity index (χ1n) is 5.56. The molecule has 96 valence electrons. The zero-order valence-electron chi connectivity index (χ0n) is 9.60. The Morgan fingerprint density at radius 3 is 2.83 bits per heavy atom. The topological polar surface area (TPSA) is 83.6 Å². The van der Waals surface area contributed by atoms with Crippen molar-refractivity contribution in [3.05, 3.63) is 27.3 Å². The summed E-state index contributed by atoms with van der Waals surface area (Å²) in [7, 11) is 0. The molecule has 6 heteroatoms. The monoisotopic (exact) mass is 360 g/mol. The lowest BCUT2D eigenvalue weighted by atomic mass is 10.1. The molecule has 0 saturated carbocycles. The van der Waals surface area contributed by atoms with Crippen LogP contribution in [0.3, 0.4) is 0 Å². The molecule has 1 amide bonds. The summed E-state index contributed by atoms with van der Waals surface area (Å²) in [6, 6.07) is 4.99. The van der Waals surface area contributed by atoms with Gasteiger partial charge in [0.05, 0.1) is 11.3 Å². The molecule has 1 aromatic carbocycles. The van der Waals surface area contributed by atoms with Crippen molar-refractivity contribution in [1.29, 1.82) is 0 Å². The van der Waals surface area contributed by atoms with Crippen LogP contribution >= 0.6 is 22.6 Å². The smallest absolute Gasteiger partial charge is 0.337 e. The van der Waals surface area contributed by atoms with Crippen LogP contribution in [0, 0.1) is 9.49 Å². The molecule has 2 rings (SSSR count). The number of rotatable bonds is 3. The summed E-state index contributed by atoms with van der Waals surface area (Å²) in [4.78, 5) is 24.7. The van der Waals surface area contributed by atoms with Gasteiger partial charge in [-0.05, 0) is 47.2 Å². The molecule has 1 saturated heterocycles. The summed E-state index contributed by atoms with van der Waals surface area (Å²) in [6.45, 7) is 0.934. The molecule has 0 aromatic heterocycles. The van der Waals surface area contributed by atoms with E-state index in [0.29, 0.717) is 25.2 Å². The van der Waals surface area contributed by atoms with Gasteiger partial charge < -0.3 is 15.7 Å². The highest BCUT2D eigenvalue weighted by Crippen LogP contribution is 2.32. The number of carbonyl (C=O) groups excluding carboxylic acids is 1. The molecule has 0 aliphatic carbocycles. The Balaban J connectivity index is 2.45. The Labute approximate surface area is 118 Å². The van der Waals surface area contributed by atoms with Gasteiger partial charge in [-0.25, -0.2) is 4.79 Å². The second-order valence-electron chi connectivity index (χ2n) is 4.25. The van der Waals surface area contributed by atoms with Crippen LogP contribution in [0.5, 0.6) is 0 Å². The standard InChI is InChI=1S/C12H13IN2O3/c13-9-3-1-2-8(12(17)18)11(9)15-6-7(5-14)4-10(15)16/h1-3,7H,4-6,14H2,(H,17,18). The Bertz CT molecular complexity index is 504. The van der Waals surface area contributed by atoms with Crippen molar-refractivity contribution in [3.8, 4) is 0 Å². The number of benzene rings is 1. The summed E-state index contributed by atoms with van der Waals surface area (Å²) in [5.41, 5.74) is 6.23. The molecule has 1 aliphatic heterocycles. The van der Waals surface area contributed by atoms with E-state index in [0.717, 1.165) is 3.57 Å². The molecule has 1 aliphatic rings. The van der Waals surface area contributed by atoms with Crippen LogP contribution in [0.15, 0.2) is 18.2 Å². The van der Waals surface area contributed by atoms with Crippen molar-refractivity contribution in [2.24, 2.45) is 11.7 Å². The molecule has 0 radical (unpaired) electrons. The average Bonchev–Trinajstić information content (AvgIpc) is 2.70. The first-order chi connectivity index (χ1) is 8.54. The van der Waals surface area contributed by atoms with E-state index in [1.807, 2.05) is 22.6 Å². The highest BCUT2D eigenvalue weighted by molar-refractivity contribution is 14.1. The summed E-state index contributed by atoms with van der Waals surface area (Å²) in [6.07, 6.45) is 0.389. The van der Waals surface area contributed by atoms with E-state index in [1.54, 1.807) is 17.0 Å². The van der Waals surface area contributed by atoms with E-state index >= 15 is 0 Å². The quantitative estimate of drug-likeness (QED) is 0.796. The maximum atomic E-state index is 11.9. The van der Waals surface area contributed by atoms with E-state index in [9.17, 15) is 14.7 Å². The van der Waals surface area contributed by atoms with Gasteiger partial charge in [0, 0.05) is 16.5 Å². The predicted molar refractivity (Wildman–Crippen MR) is 75.6 cm³/mol. The van der Waals surface area contributed by atoms with Gasteiger partial charge in [-0.1, -0.05) is 6.07 Å². The number of anilines is 1. The summed E-state index contributed by atoms with van der Waals surface area (Å²) in [5, 5.41) is 9.19. The van der Waals surface area contributed by atoms with Crippen LogP contribution in [-0.4, -0.2) is 30.1 Å². The Hall–Kier alpha value is -1.15. The minimum atomic E-state index is -1.02.